The summed E-state index contributed by atoms with van der Waals surface area (Å²) >= 11 is 0. The fourth-order valence-corrected chi connectivity index (χ4v) is 23.1. The van der Waals surface area contributed by atoms with Crippen LogP contribution in [0.3, 0.4) is 0 Å². The summed E-state index contributed by atoms with van der Waals surface area (Å²) in [5.74, 6) is 7.04. The number of nitrogens with zero attached hydrogens (tertiary/aromatic N) is 2. The molecule has 2 aromatic heterocycles. The Morgan fingerprint density at radius 2 is 0.758 bits per heavy atom. The van der Waals surface area contributed by atoms with E-state index in [4.69, 9.17) is 0 Å². The Kier molecular flexibility index (Phi) is 14.9. The maximum Gasteiger partial charge on any atom is 0.0613 e. The van der Waals surface area contributed by atoms with E-state index in [0.29, 0.717) is 6.42 Å². The van der Waals surface area contributed by atoms with Crippen LogP contribution in [0, 0.1) is 11.8 Å². The van der Waals surface area contributed by atoms with Gasteiger partial charge in [-0.2, -0.15) is 0 Å². The van der Waals surface area contributed by atoms with Gasteiger partial charge in [0.25, 0.3) is 0 Å². The molecule has 13 aromatic carbocycles. The summed E-state index contributed by atoms with van der Waals surface area (Å²) < 4.78 is 5.19. The van der Waals surface area contributed by atoms with Gasteiger partial charge >= 0.3 is 0 Å². The van der Waals surface area contributed by atoms with Crippen molar-refractivity contribution in [2.24, 2.45) is 0 Å². The van der Waals surface area contributed by atoms with Gasteiger partial charge in [0.05, 0.1) is 22.2 Å². The van der Waals surface area contributed by atoms with Crippen molar-refractivity contribution in [3.05, 3.63) is 380 Å². The van der Waals surface area contributed by atoms with Crippen LogP contribution in [0.1, 0.15) is 29.7 Å². The second kappa shape index (κ2) is 24.6. The van der Waals surface area contributed by atoms with Crippen molar-refractivity contribution in [2.75, 3.05) is 0 Å². The highest BCUT2D eigenvalue weighted by atomic mass is 32.3. The maximum atomic E-state index is 3.64. The molecule has 2 aliphatic carbocycles. The fraction of sp³-hybridized carbons (Fsp3) is 0.0330. The van der Waals surface area contributed by atoms with Crippen molar-refractivity contribution in [3.63, 3.8) is 0 Å². The van der Waals surface area contributed by atoms with Gasteiger partial charge in [-0.25, -0.2) is 0 Å². The summed E-state index contributed by atoms with van der Waals surface area (Å²) in [4.78, 5) is 10.4. The molecule has 0 bridgehead atoms. The molecule has 4 heteroatoms. The number of benzene rings is 13. The van der Waals surface area contributed by atoms with Gasteiger partial charge in [0.1, 0.15) is 0 Å². The summed E-state index contributed by atoms with van der Waals surface area (Å²) in [6.07, 6.45) is 11.4. The third-order valence-electron chi connectivity index (χ3n) is 19.2. The minimum Gasteiger partial charge on any atom is -0.312 e. The van der Waals surface area contributed by atoms with Crippen LogP contribution >= 0.6 is 20.1 Å². The molecular formula is C91H66N2S2. The minimum atomic E-state index is -2.39. The van der Waals surface area contributed by atoms with Gasteiger partial charge in [-0.05, 0) is 179 Å². The Morgan fingerprint density at radius 1 is 0.316 bits per heavy atom. The molecule has 0 atom stereocenters. The molecule has 0 fully saturated rings. The Morgan fingerprint density at radius 3 is 1.29 bits per heavy atom. The Hall–Kier alpha value is -11.3. The number of aromatic nitrogens is 2. The van der Waals surface area contributed by atoms with Gasteiger partial charge < -0.3 is 9.13 Å². The highest BCUT2D eigenvalue weighted by Crippen LogP contribution is 2.76. The quantitative estimate of drug-likeness (QED) is 0.0961. The van der Waals surface area contributed by atoms with Gasteiger partial charge in [0.2, 0.25) is 0 Å². The monoisotopic (exact) mass is 1250 g/mol. The van der Waals surface area contributed by atoms with Gasteiger partial charge in [-0.3, -0.25) is 0 Å². The molecule has 0 saturated heterocycles. The van der Waals surface area contributed by atoms with Crippen molar-refractivity contribution < 1.29 is 0 Å². The van der Waals surface area contributed by atoms with Crippen molar-refractivity contribution in [1.82, 2.24) is 9.13 Å². The number of fused-ring (bicyclic) bond motifs is 6. The molecule has 2 heterocycles. The molecule has 0 unspecified atom stereocenters. The first-order valence-corrected chi connectivity index (χ1v) is 36.0. The zero-order valence-corrected chi connectivity index (χ0v) is 54.1. The highest BCUT2D eigenvalue weighted by Gasteiger charge is 2.40. The summed E-state index contributed by atoms with van der Waals surface area (Å²) in [6, 6.07) is 128. The molecule has 452 valence electrons. The third-order valence-corrected chi connectivity index (χ3v) is 27.1. The summed E-state index contributed by atoms with van der Waals surface area (Å²) in [7, 11) is -4.41. The molecule has 95 heavy (non-hydrogen) atoms. The van der Waals surface area contributed by atoms with Crippen molar-refractivity contribution in [3.8, 4) is 56.6 Å². The summed E-state index contributed by atoms with van der Waals surface area (Å²) in [6.45, 7) is 0. The van der Waals surface area contributed by atoms with E-state index < -0.39 is 20.1 Å². The average Bonchev–Trinajstić information content (AvgIpc) is 1.07. The first-order valence-electron chi connectivity index (χ1n) is 32.8. The van der Waals surface area contributed by atoms with Gasteiger partial charge in [-0.1, -0.05) is 248 Å². The molecule has 0 radical (unpaired) electrons. The van der Waals surface area contributed by atoms with Gasteiger partial charge in [-0.15, -0.1) is 20.1 Å². The molecule has 0 aliphatic heterocycles. The molecule has 0 N–H and O–H groups in total. The molecular weight excluding hydrogens is 1190 g/mol. The van der Waals surface area contributed by atoms with Crippen molar-refractivity contribution >= 4 is 64.4 Å². The average molecular weight is 1250 g/mol. The van der Waals surface area contributed by atoms with E-state index >= 15 is 0 Å². The molecule has 2 aliphatic rings. The van der Waals surface area contributed by atoms with Crippen molar-refractivity contribution in [2.45, 2.75) is 53.5 Å². The Bertz CT molecular complexity index is 5310. The van der Waals surface area contributed by atoms with E-state index in [1.807, 2.05) is 6.08 Å². The normalized spacial score (nSPS) is 13.3. The van der Waals surface area contributed by atoms with Crippen LogP contribution in [0.25, 0.3) is 89.1 Å². The van der Waals surface area contributed by atoms with E-state index in [1.165, 1.54) is 105 Å². The van der Waals surface area contributed by atoms with Crippen LogP contribution in [-0.2, 0) is 6.42 Å². The first-order chi connectivity index (χ1) is 47.1. The number of para-hydroxylation sites is 2. The van der Waals surface area contributed by atoms with E-state index in [-0.39, 0.29) is 0 Å². The number of rotatable bonds is 14. The van der Waals surface area contributed by atoms with Crippen LogP contribution in [0.4, 0.5) is 0 Å². The second-order valence-corrected chi connectivity index (χ2v) is 30.7. The van der Waals surface area contributed by atoms with Crippen LogP contribution < -0.4 is 0 Å². The number of hydrogen-bond acceptors (Lipinski definition) is 0. The van der Waals surface area contributed by atoms with Crippen molar-refractivity contribution in [1.29, 1.82) is 0 Å². The predicted molar refractivity (Wildman–Crippen MR) is 401 cm³/mol. The van der Waals surface area contributed by atoms with E-state index in [1.54, 1.807) is 0 Å². The predicted octanol–water partition coefficient (Wildman–Crippen LogP) is 24.7. The Labute approximate surface area is 559 Å². The molecule has 17 rings (SSSR count). The second-order valence-electron chi connectivity index (χ2n) is 24.4. The lowest BCUT2D eigenvalue weighted by Crippen LogP contribution is -2.14. The first kappa shape index (κ1) is 57.6. The van der Waals surface area contributed by atoms with Gasteiger partial charge in [0, 0.05) is 84.9 Å². The third kappa shape index (κ3) is 9.86. The SMILES string of the molecule is C1#CCC(c2cc(S(c3ccccc3)(c3cccc(-c4ccccc4)c3)c3cccc(-c4ccccc4)c3)cc(-c3ccccc3)c2-n2c3c(c4cc(-n5c6ccccc6c6ccccc65)ccc42)C=C(S(c2ccccc2)(c2ccccc2)c2ccccc2)CC3)=CC=C1. The van der Waals surface area contributed by atoms with Crippen LogP contribution in [0.2, 0.25) is 0 Å². The van der Waals surface area contributed by atoms with Crippen LogP contribution in [0.15, 0.2) is 397 Å². The lowest BCUT2D eigenvalue weighted by molar-refractivity contribution is 0.877. The zero-order chi connectivity index (χ0) is 63.1. The van der Waals surface area contributed by atoms with E-state index in [9.17, 15) is 0 Å². The fourth-order valence-electron chi connectivity index (χ4n) is 15.0. The summed E-state index contributed by atoms with van der Waals surface area (Å²) in [5, 5.41) is 3.69. The lowest BCUT2D eigenvalue weighted by atomic mass is 9.93. The van der Waals surface area contributed by atoms with E-state index in [2.05, 4.69) is 379 Å². The standard InChI is InChI=1S/C91H66N2S2/c1-2-11-37-68(36-10-1)83-64-80(95(76-48-24-9-25-49-76,77-50-30-40-70(60-77)66-32-12-3-13-33-66)78-51-31-41-71(61-78)67-34-14-4-15-35-67)65-84(69-38-16-5-17-39-69)91(83)93-89-58-56-72(92-87-54-28-26-52-81(87)82-53-27-29-55-88(82)92)62-85(89)86-63-79(57-59-90(86)93)94(73-42-18-6-19-43-73,74-44-20-7-21-45-74)75-46-22-8-23-47-75/h1,3-10,12-36,38-56,58,60-65H,37,57,59H2. The Balaban J connectivity index is 1.02. The number of allylic oxidation sites excluding steroid dienone is 5. The molecule has 15 aromatic rings. The highest BCUT2D eigenvalue weighted by molar-refractivity contribution is 8.37. The van der Waals surface area contributed by atoms with Crippen LogP contribution in [-0.4, -0.2) is 9.13 Å². The zero-order valence-electron chi connectivity index (χ0n) is 52.5. The smallest absolute Gasteiger partial charge is 0.0613 e. The van der Waals surface area contributed by atoms with E-state index in [0.717, 1.165) is 46.4 Å². The van der Waals surface area contributed by atoms with Gasteiger partial charge in [0.15, 0.2) is 0 Å². The maximum absolute atomic E-state index is 3.64. The minimum absolute atomic E-state index is 0.568. The molecule has 0 spiro atoms. The van der Waals surface area contributed by atoms with Crippen LogP contribution in [0.5, 0.6) is 0 Å². The topological polar surface area (TPSA) is 9.86 Å². The number of hydrogen-bond donors (Lipinski definition) is 0. The lowest BCUT2D eigenvalue weighted by Gasteiger charge is -2.45. The summed E-state index contributed by atoms with van der Waals surface area (Å²) in [5.41, 5.74) is 17.7. The molecule has 0 amide bonds. The molecule has 2 nitrogen and oxygen atoms in total. The largest absolute Gasteiger partial charge is 0.312 e. The molecule has 0 saturated carbocycles.